The quantitative estimate of drug-likeness (QED) is 0.203. The fraction of sp³-hybridized carbons (Fsp3) is 0.536. The Morgan fingerprint density at radius 2 is 1.21 bits per heavy atom. The molecule has 0 atom stereocenters. The lowest BCUT2D eigenvalue weighted by atomic mass is 10.0. The molecule has 2 aromatic carbocycles. The maximum atomic E-state index is 11.0. The molecule has 2 aromatic rings. The van der Waals surface area contributed by atoms with Crippen molar-refractivity contribution >= 4 is 22.1 Å². The molecule has 182 valence electrons. The molecule has 1 N–H and O–H groups in total. The molecule has 0 aliphatic rings. The smallest absolute Gasteiger partial charge is 0.335 e. The predicted molar refractivity (Wildman–Crippen MR) is 147 cm³/mol. The summed E-state index contributed by atoms with van der Waals surface area (Å²) in [6.07, 6.45) is 9.23. The summed E-state index contributed by atoms with van der Waals surface area (Å²) in [6.45, 7) is 13.5. The van der Waals surface area contributed by atoms with Gasteiger partial charge in [0.1, 0.15) is 5.75 Å². The molecule has 0 bridgehead atoms. The number of benzene rings is 2. The van der Waals surface area contributed by atoms with Crippen LogP contribution in [0.4, 0.5) is 0 Å². The molecule has 0 aromatic heterocycles. The fourth-order valence-corrected chi connectivity index (χ4v) is 18.3. The van der Waals surface area contributed by atoms with Crippen LogP contribution in [0, 0.1) is 0 Å². The average Bonchev–Trinajstić information content (AvgIpc) is 2.74. The van der Waals surface area contributed by atoms with E-state index in [4.69, 9.17) is 9.84 Å². The molecule has 0 fully saturated rings. The first-order chi connectivity index (χ1) is 15.6. The van der Waals surface area contributed by atoms with Crippen LogP contribution in [0.5, 0.6) is 5.75 Å². The number of carboxylic acid groups (broad SMARTS) is 1. The zero-order valence-corrected chi connectivity index (χ0v) is 23.5. The molecule has 0 unspecified atom stereocenters. The molecular weight excluding hydrogens is 440 g/mol. The molecule has 0 heterocycles. The zero-order chi connectivity index (χ0) is 24.3. The van der Waals surface area contributed by atoms with E-state index in [1.165, 1.54) is 44.6 Å². The lowest BCUT2D eigenvalue weighted by molar-refractivity contribution is 0.0697. The van der Waals surface area contributed by atoms with E-state index in [-0.39, 0.29) is 0 Å². The maximum Gasteiger partial charge on any atom is 0.335 e. The summed E-state index contributed by atoms with van der Waals surface area (Å²) < 4.78 is 5.90. The Morgan fingerprint density at radius 1 is 0.727 bits per heavy atom. The number of hydrogen-bond donors (Lipinski definition) is 1. The number of carbonyl (C=O) groups is 1. The Kier molecular flexibility index (Phi) is 10.9. The third-order valence-electron chi connectivity index (χ3n) is 6.10. The summed E-state index contributed by atoms with van der Waals surface area (Å²) in [5, 5.41) is 9.01. The van der Waals surface area contributed by atoms with Crippen LogP contribution < -0.4 is 4.74 Å². The van der Waals surface area contributed by atoms with Crippen LogP contribution in [0.25, 0.3) is 11.1 Å². The van der Waals surface area contributed by atoms with E-state index in [0.29, 0.717) is 5.56 Å². The van der Waals surface area contributed by atoms with Gasteiger partial charge in [-0.1, -0.05) is 107 Å². The Morgan fingerprint density at radius 3 is 1.73 bits per heavy atom. The van der Waals surface area contributed by atoms with Gasteiger partial charge in [0.05, 0.1) is 12.2 Å². The second kappa shape index (κ2) is 13.1. The summed E-state index contributed by atoms with van der Waals surface area (Å²) >= 11 is 0. The van der Waals surface area contributed by atoms with Crippen molar-refractivity contribution in [2.45, 2.75) is 89.4 Å². The van der Waals surface area contributed by atoms with Crippen LogP contribution in [-0.2, 0) is 0 Å². The molecule has 0 spiro atoms. The Hall–Kier alpha value is -1.86. The Bertz CT molecular complexity index is 837. The van der Waals surface area contributed by atoms with Crippen molar-refractivity contribution < 1.29 is 14.6 Å². The average molecular weight is 485 g/mol. The van der Waals surface area contributed by atoms with E-state index in [1.54, 1.807) is 17.8 Å². The van der Waals surface area contributed by atoms with Gasteiger partial charge >= 0.3 is 5.97 Å². The highest BCUT2D eigenvalue weighted by Crippen LogP contribution is 2.26. The van der Waals surface area contributed by atoms with Crippen LogP contribution >= 0.6 is 0 Å². The number of carboxylic acids is 1. The molecule has 0 radical (unpaired) electrons. The van der Waals surface area contributed by atoms with Gasteiger partial charge < -0.3 is 9.84 Å². The summed E-state index contributed by atoms with van der Waals surface area (Å²) in [6, 6.07) is 16.5. The monoisotopic (exact) mass is 484 g/mol. The van der Waals surface area contributed by atoms with Gasteiger partial charge in [0.2, 0.25) is 0 Å². The minimum absolute atomic E-state index is 0.307. The minimum atomic E-state index is -0.963. The van der Waals surface area contributed by atoms with Crippen molar-refractivity contribution in [1.29, 1.82) is 0 Å². The fourth-order valence-electron chi connectivity index (χ4n) is 4.85. The molecule has 0 aliphatic carbocycles. The molecule has 33 heavy (non-hydrogen) atoms. The topological polar surface area (TPSA) is 46.5 Å². The first-order valence-electron chi connectivity index (χ1n) is 12.6. The summed E-state index contributed by atoms with van der Waals surface area (Å²) in [5.41, 5.74) is 3.95. The van der Waals surface area contributed by atoms with Crippen molar-refractivity contribution in [3.05, 3.63) is 54.1 Å². The predicted octanol–water partition coefficient (Wildman–Crippen LogP) is 8.75. The van der Waals surface area contributed by atoms with E-state index in [1.807, 2.05) is 36.4 Å². The standard InChI is InChI=1S/C28H44O3Si2/c1-32(2,3)23-33(4,5)22-12-10-8-6-7-9-11-21-31-27-19-17-25(18-20-27)24-13-15-26(16-14-24)28(29)30/h13-20H,6-12,21-23H2,1-5H3,(H,29,30). The zero-order valence-electron chi connectivity index (χ0n) is 21.5. The largest absolute Gasteiger partial charge is 0.494 e. The van der Waals surface area contributed by atoms with Gasteiger partial charge in [-0.15, -0.1) is 0 Å². The number of unbranched alkanes of at least 4 members (excludes halogenated alkanes) is 6. The lowest BCUT2D eigenvalue weighted by Crippen LogP contribution is -2.37. The summed E-state index contributed by atoms with van der Waals surface area (Å²) in [4.78, 5) is 11.0. The Balaban J connectivity index is 1.54. The first kappa shape index (κ1) is 27.4. The molecular formula is C28H44O3Si2. The molecule has 3 nitrogen and oxygen atoms in total. The number of aromatic carboxylic acids is 1. The first-order valence-corrected chi connectivity index (χ1v) is 19.7. The van der Waals surface area contributed by atoms with E-state index in [2.05, 4.69) is 32.7 Å². The van der Waals surface area contributed by atoms with Crippen LogP contribution in [0.3, 0.4) is 0 Å². The molecule has 0 amide bonds. The molecule has 0 saturated heterocycles. The van der Waals surface area contributed by atoms with Crippen molar-refractivity contribution in [1.82, 2.24) is 0 Å². The highest BCUT2D eigenvalue weighted by atomic mass is 28.4. The van der Waals surface area contributed by atoms with Crippen molar-refractivity contribution in [2.75, 3.05) is 6.61 Å². The third-order valence-corrected chi connectivity index (χ3v) is 15.9. The van der Waals surface area contributed by atoms with Gasteiger partial charge in [0, 0.05) is 16.1 Å². The van der Waals surface area contributed by atoms with Gasteiger partial charge in [-0.05, 0) is 41.8 Å². The molecule has 0 saturated carbocycles. The highest BCUT2D eigenvalue weighted by molar-refractivity contribution is 6.94. The van der Waals surface area contributed by atoms with Crippen molar-refractivity contribution in [3.63, 3.8) is 0 Å². The summed E-state index contributed by atoms with van der Waals surface area (Å²) in [7, 11) is -1.87. The van der Waals surface area contributed by atoms with Crippen LogP contribution in [0.2, 0.25) is 44.4 Å². The van der Waals surface area contributed by atoms with E-state index < -0.39 is 22.1 Å². The van der Waals surface area contributed by atoms with Crippen LogP contribution in [0.1, 0.15) is 55.3 Å². The minimum Gasteiger partial charge on any atom is -0.494 e. The number of hydrogen-bond acceptors (Lipinski definition) is 2. The maximum absolute atomic E-state index is 11.0. The number of ether oxygens (including phenoxy) is 1. The van der Waals surface area contributed by atoms with E-state index >= 15 is 0 Å². The van der Waals surface area contributed by atoms with Crippen molar-refractivity contribution in [2.24, 2.45) is 0 Å². The number of rotatable bonds is 15. The van der Waals surface area contributed by atoms with Crippen molar-refractivity contribution in [3.8, 4) is 16.9 Å². The molecule has 2 rings (SSSR count). The summed E-state index contributed by atoms with van der Waals surface area (Å²) in [5.74, 6) is -0.00492. The van der Waals surface area contributed by atoms with Crippen LogP contribution in [0.15, 0.2) is 48.5 Å². The Labute approximate surface area is 203 Å². The van der Waals surface area contributed by atoms with Gasteiger partial charge in [-0.2, -0.15) is 0 Å². The van der Waals surface area contributed by atoms with Gasteiger partial charge in [0.15, 0.2) is 0 Å². The second-order valence-corrected chi connectivity index (χ2v) is 22.7. The molecule has 0 aliphatic heterocycles. The van der Waals surface area contributed by atoms with Gasteiger partial charge in [-0.3, -0.25) is 0 Å². The van der Waals surface area contributed by atoms with Crippen LogP contribution in [-0.4, -0.2) is 33.8 Å². The third kappa shape index (κ3) is 11.2. The van der Waals surface area contributed by atoms with Gasteiger partial charge in [-0.25, -0.2) is 4.79 Å². The second-order valence-electron chi connectivity index (χ2n) is 11.4. The normalized spacial score (nSPS) is 12.0. The SMILES string of the molecule is C[Si](C)(C)C[Si](C)(C)CCCCCCCCCOc1ccc(-c2ccc(C(=O)O)cc2)cc1. The lowest BCUT2D eigenvalue weighted by Gasteiger charge is -2.29. The van der Waals surface area contributed by atoms with E-state index in [0.717, 1.165) is 29.9 Å². The van der Waals surface area contributed by atoms with Gasteiger partial charge in [0.25, 0.3) is 0 Å². The van der Waals surface area contributed by atoms with E-state index in [9.17, 15) is 4.79 Å². The highest BCUT2D eigenvalue weighted by Gasteiger charge is 2.27. The molecule has 5 heteroatoms.